The molecule has 1 fully saturated rings. The highest BCUT2D eigenvalue weighted by Gasteiger charge is 2.15. The molecule has 1 aliphatic carbocycles. The van der Waals surface area contributed by atoms with Crippen LogP contribution in [0.3, 0.4) is 0 Å². The van der Waals surface area contributed by atoms with E-state index in [9.17, 15) is 9.59 Å². The van der Waals surface area contributed by atoms with Crippen LogP contribution in [-0.2, 0) is 16.0 Å². The van der Waals surface area contributed by atoms with E-state index in [-0.39, 0.29) is 12.4 Å². The maximum atomic E-state index is 11.1. The molecule has 27 heavy (non-hydrogen) atoms. The lowest BCUT2D eigenvalue weighted by Crippen LogP contribution is -2.03. The smallest absolute Gasteiger partial charge is 0.308 e. The first-order chi connectivity index (χ1) is 13.0. The molecular weight excluding hydrogens is 340 g/mol. The molecule has 1 aliphatic rings. The predicted molar refractivity (Wildman–Crippen MR) is 105 cm³/mol. The van der Waals surface area contributed by atoms with Crippen LogP contribution < -0.4 is 4.74 Å². The van der Waals surface area contributed by atoms with Crippen LogP contribution in [0.15, 0.2) is 54.1 Å². The van der Waals surface area contributed by atoms with Crippen LogP contribution in [0.2, 0.25) is 0 Å². The van der Waals surface area contributed by atoms with Crippen LogP contribution in [0.1, 0.15) is 55.7 Å². The maximum Gasteiger partial charge on any atom is 0.308 e. The summed E-state index contributed by atoms with van der Waals surface area (Å²) in [7, 11) is 0. The number of hydrogen-bond donors (Lipinski definition) is 1. The second kappa shape index (κ2) is 8.67. The summed E-state index contributed by atoms with van der Waals surface area (Å²) >= 11 is 0. The number of aliphatic carboxylic acids is 1. The van der Waals surface area contributed by atoms with Gasteiger partial charge in [0, 0.05) is 6.92 Å². The van der Waals surface area contributed by atoms with Crippen molar-refractivity contribution in [3.05, 3.63) is 70.8 Å². The number of esters is 1. The van der Waals surface area contributed by atoms with Crippen LogP contribution in [0.25, 0.3) is 5.57 Å². The van der Waals surface area contributed by atoms with Gasteiger partial charge in [0.2, 0.25) is 0 Å². The van der Waals surface area contributed by atoms with Crippen molar-refractivity contribution >= 4 is 17.5 Å². The van der Waals surface area contributed by atoms with Gasteiger partial charge in [-0.2, -0.15) is 0 Å². The van der Waals surface area contributed by atoms with Crippen molar-refractivity contribution in [1.82, 2.24) is 0 Å². The molecule has 0 aliphatic heterocycles. The quantitative estimate of drug-likeness (QED) is 0.599. The fourth-order valence-electron chi connectivity index (χ4n) is 3.62. The van der Waals surface area contributed by atoms with E-state index in [2.05, 4.69) is 0 Å². The highest BCUT2D eigenvalue weighted by Crippen LogP contribution is 2.35. The van der Waals surface area contributed by atoms with Gasteiger partial charge < -0.3 is 9.84 Å². The van der Waals surface area contributed by atoms with Crippen LogP contribution in [0, 0.1) is 0 Å². The van der Waals surface area contributed by atoms with E-state index >= 15 is 0 Å². The van der Waals surface area contributed by atoms with E-state index < -0.39 is 5.97 Å². The zero-order chi connectivity index (χ0) is 19.2. The fourth-order valence-corrected chi connectivity index (χ4v) is 3.62. The van der Waals surface area contributed by atoms with Gasteiger partial charge in [-0.3, -0.25) is 9.59 Å². The van der Waals surface area contributed by atoms with Crippen molar-refractivity contribution in [2.24, 2.45) is 0 Å². The topological polar surface area (TPSA) is 63.6 Å². The number of hydrogen-bond acceptors (Lipinski definition) is 3. The van der Waals surface area contributed by atoms with Crippen molar-refractivity contribution in [3.8, 4) is 5.75 Å². The molecule has 0 saturated heterocycles. The lowest BCUT2D eigenvalue weighted by Gasteiger charge is -2.20. The summed E-state index contributed by atoms with van der Waals surface area (Å²) in [4.78, 5) is 22.1. The zero-order valence-corrected chi connectivity index (χ0v) is 15.5. The van der Waals surface area contributed by atoms with Gasteiger partial charge in [0.1, 0.15) is 5.75 Å². The molecule has 4 heteroatoms. The summed E-state index contributed by atoms with van der Waals surface area (Å²) in [5.41, 5.74) is 5.64. The summed E-state index contributed by atoms with van der Waals surface area (Å²) in [6.45, 7) is 1.39. The molecule has 2 aromatic rings. The minimum absolute atomic E-state index is 0.0310. The lowest BCUT2D eigenvalue weighted by molar-refractivity contribution is -0.136. The van der Waals surface area contributed by atoms with Gasteiger partial charge in [0.15, 0.2) is 0 Å². The standard InChI is InChI=1S/C23H24O4/c1-16(24)27-21-13-11-20(12-14-21)23(18-5-3-2-4-6-18)19-9-7-17(8-10-19)15-22(25)26/h7-14H,2-6,15H2,1H3,(H,25,26). The number of carbonyl (C=O) groups is 2. The average molecular weight is 364 g/mol. The van der Waals surface area contributed by atoms with Crippen molar-refractivity contribution in [2.75, 3.05) is 0 Å². The Hall–Kier alpha value is -2.88. The molecule has 1 saturated carbocycles. The van der Waals surface area contributed by atoms with Crippen LogP contribution >= 0.6 is 0 Å². The molecule has 0 bridgehead atoms. The highest BCUT2D eigenvalue weighted by molar-refractivity contribution is 5.83. The van der Waals surface area contributed by atoms with Crippen LogP contribution in [0.4, 0.5) is 0 Å². The largest absolute Gasteiger partial charge is 0.481 e. The number of rotatable bonds is 5. The number of carbonyl (C=O) groups excluding carboxylic acids is 1. The minimum Gasteiger partial charge on any atom is -0.481 e. The molecule has 0 atom stereocenters. The summed E-state index contributed by atoms with van der Waals surface area (Å²) in [5.74, 6) is -0.617. The molecule has 0 unspecified atom stereocenters. The first kappa shape index (κ1) is 18.9. The molecule has 1 N–H and O–H groups in total. The Morgan fingerprint density at radius 3 is 1.96 bits per heavy atom. The highest BCUT2D eigenvalue weighted by atomic mass is 16.5. The van der Waals surface area contributed by atoms with Gasteiger partial charge in [-0.25, -0.2) is 0 Å². The Balaban J connectivity index is 1.97. The summed E-state index contributed by atoms with van der Waals surface area (Å²) in [5, 5.41) is 8.97. The van der Waals surface area contributed by atoms with E-state index in [1.807, 2.05) is 48.5 Å². The molecule has 4 nitrogen and oxygen atoms in total. The Bertz CT molecular complexity index is 775. The zero-order valence-electron chi connectivity index (χ0n) is 15.5. The third-order valence-corrected chi connectivity index (χ3v) is 4.81. The van der Waals surface area contributed by atoms with Crippen molar-refractivity contribution in [2.45, 2.75) is 45.4 Å². The number of carboxylic acids is 1. The Morgan fingerprint density at radius 2 is 1.44 bits per heavy atom. The third kappa shape index (κ3) is 5.07. The molecular formula is C23H24O4. The van der Waals surface area contributed by atoms with E-state index in [4.69, 9.17) is 9.84 Å². The molecule has 140 valence electrons. The normalized spacial score (nSPS) is 13.9. The summed E-state index contributed by atoms with van der Waals surface area (Å²) in [6.07, 6.45) is 5.85. The average Bonchev–Trinajstić information content (AvgIpc) is 2.65. The van der Waals surface area contributed by atoms with Crippen molar-refractivity contribution in [3.63, 3.8) is 0 Å². The SMILES string of the molecule is CC(=O)Oc1ccc(C(=C2CCCCC2)c2ccc(CC(=O)O)cc2)cc1. The van der Waals surface area contributed by atoms with Crippen LogP contribution in [-0.4, -0.2) is 17.0 Å². The Kier molecular flexibility index (Phi) is 6.07. The molecule has 3 rings (SSSR count). The maximum absolute atomic E-state index is 11.1. The second-order valence-electron chi connectivity index (χ2n) is 6.92. The van der Waals surface area contributed by atoms with Gasteiger partial charge in [-0.05, 0) is 60.1 Å². The number of carboxylic acid groups (broad SMARTS) is 1. The van der Waals surface area contributed by atoms with Gasteiger partial charge in [0.25, 0.3) is 0 Å². The van der Waals surface area contributed by atoms with E-state index in [0.717, 1.165) is 29.5 Å². The third-order valence-electron chi connectivity index (χ3n) is 4.81. The van der Waals surface area contributed by atoms with Crippen LogP contribution in [0.5, 0.6) is 5.75 Å². The molecule has 0 spiro atoms. The predicted octanol–water partition coefficient (Wildman–Crippen LogP) is 5.01. The van der Waals surface area contributed by atoms with Crippen molar-refractivity contribution < 1.29 is 19.4 Å². The first-order valence-electron chi connectivity index (χ1n) is 9.35. The lowest BCUT2D eigenvalue weighted by atomic mass is 9.85. The molecule has 2 aromatic carbocycles. The number of allylic oxidation sites excluding steroid dienone is 1. The second-order valence-corrected chi connectivity index (χ2v) is 6.92. The van der Waals surface area contributed by atoms with Gasteiger partial charge in [-0.1, -0.05) is 48.4 Å². The first-order valence-corrected chi connectivity index (χ1v) is 9.35. The van der Waals surface area contributed by atoms with Crippen molar-refractivity contribution in [1.29, 1.82) is 0 Å². The minimum atomic E-state index is -0.824. The molecule has 0 heterocycles. The van der Waals surface area contributed by atoms with E-state index in [1.165, 1.54) is 37.3 Å². The number of benzene rings is 2. The molecule has 0 radical (unpaired) electrons. The fraction of sp³-hybridized carbons (Fsp3) is 0.304. The molecule has 0 aromatic heterocycles. The molecule has 0 amide bonds. The Labute approximate surface area is 159 Å². The van der Waals surface area contributed by atoms with Gasteiger partial charge in [0.05, 0.1) is 6.42 Å². The summed E-state index contributed by atoms with van der Waals surface area (Å²) < 4.78 is 5.14. The number of ether oxygens (including phenoxy) is 1. The van der Waals surface area contributed by atoms with E-state index in [1.54, 1.807) is 0 Å². The summed E-state index contributed by atoms with van der Waals surface area (Å²) in [6, 6.07) is 15.4. The van der Waals surface area contributed by atoms with Gasteiger partial charge >= 0.3 is 11.9 Å². The Morgan fingerprint density at radius 1 is 0.889 bits per heavy atom. The van der Waals surface area contributed by atoms with E-state index in [0.29, 0.717) is 5.75 Å². The monoisotopic (exact) mass is 364 g/mol. The van der Waals surface area contributed by atoms with Gasteiger partial charge in [-0.15, -0.1) is 0 Å².